The summed E-state index contributed by atoms with van der Waals surface area (Å²) in [5, 5.41) is 9.38. The van der Waals surface area contributed by atoms with Crippen LogP contribution in [0.5, 0.6) is 5.75 Å². The van der Waals surface area contributed by atoms with Crippen LogP contribution < -0.4 is 4.74 Å². The van der Waals surface area contributed by atoms with Crippen LogP contribution in [0.1, 0.15) is 29.8 Å². The lowest BCUT2D eigenvalue weighted by Gasteiger charge is -2.38. The van der Waals surface area contributed by atoms with Crippen molar-refractivity contribution in [2.45, 2.75) is 39.1 Å². The lowest BCUT2D eigenvalue weighted by atomic mass is 9.81. The predicted molar refractivity (Wildman–Crippen MR) is 124 cm³/mol. The standard InChI is InChI=1S/C24H26F3N3O3.ClH/c1-15-6-7-19-20(10-15)29-22(28-19)11-18-14-30(9-8-16(18)12-23(31)32)13-17-4-2-3-5-21(17)33-24(25,26)27;/h2-7,10,16,18H,8-9,11-14H2,1H3,(H,28,29)(H,31,32);1H/t16-,18-;/m0./s1. The van der Waals surface area contributed by atoms with E-state index >= 15 is 0 Å². The summed E-state index contributed by atoms with van der Waals surface area (Å²) < 4.78 is 42.6. The third-order valence-electron chi connectivity index (χ3n) is 6.15. The Kier molecular flexibility index (Phi) is 8.09. The lowest BCUT2D eigenvalue weighted by Crippen LogP contribution is -2.41. The number of ether oxygens (including phenoxy) is 1. The zero-order chi connectivity index (χ0) is 23.6. The second kappa shape index (κ2) is 10.7. The van der Waals surface area contributed by atoms with Gasteiger partial charge in [0.1, 0.15) is 11.6 Å². The Hall–Kier alpha value is -2.78. The van der Waals surface area contributed by atoms with E-state index in [9.17, 15) is 23.1 Å². The molecule has 2 heterocycles. The summed E-state index contributed by atoms with van der Waals surface area (Å²) >= 11 is 0. The van der Waals surface area contributed by atoms with Crippen LogP contribution in [0.2, 0.25) is 0 Å². The van der Waals surface area contributed by atoms with Crippen molar-refractivity contribution in [2.24, 2.45) is 11.8 Å². The minimum Gasteiger partial charge on any atom is -0.481 e. The second-order valence-electron chi connectivity index (χ2n) is 8.71. The highest BCUT2D eigenvalue weighted by Gasteiger charge is 2.34. The van der Waals surface area contributed by atoms with Crippen LogP contribution in [0.3, 0.4) is 0 Å². The highest BCUT2D eigenvalue weighted by Crippen LogP contribution is 2.32. The number of halogens is 4. The number of imidazole rings is 1. The maximum absolute atomic E-state index is 12.8. The Labute approximate surface area is 201 Å². The number of nitrogens with one attached hydrogen (secondary N) is 1. The third-order valence-corrected chi connectivity index (χ3v) is 6.15. The molecule has 2 atom stereocenters. The van der Waals surface area contributed by atoms with E-state index in [1.54, 1.807) is 12.1 Å². The highest BCUT2D eigenvalue weighted by molar-refractivity contribution is 5.85. The summed E-state index contributed by atoms with van der Waals surface area (Å²) in [5.74, 6) is -0.286. The van der Waals surface area contributed by atoms with Gasteiger partial charge in [-0.15, -0.1) is 25.6 Å². The van der Waals surface area contributed by atoms with Gasteiger partial charge in [0, 0.05) is 31.5 Å². The number of aromatic amines is 1. The SMILES string of the molecule is Cc1ccc2nc(C[C@H]3CN(Cc4ccccc4OC(F)(F)F)CC[C@H]3CC(=O)O)[nH]c2c1.Cl. The van der Waals surface area contributed by atoms with Crippen LogP contribution in [0, 0.1) is 18.8 Å². The largest absolute Gasteiger partial charge is 0.573 e. The topological polar surface area (TPSA) is 78.5 Å². The normalized spacial score (nSPS) is 19.1. The molecule has 0 amide bonds. The third kappa shape index (κ3) is 6.64. The first-order chi connectivity index (χ1) is 15.7. The molecular weight excluding hydrogens is 471 g/mol. The van der Waals surface area contributed by atoms with Crippen molar-refractivity contribution < 1.29 is 27.8 Å². The zero-order valence-corrected chi connectivity index (χ0v) is 19.5. The molecule has 1 fully saturated rings. The van der Waals surface area contributed by atoms with E-state index in [1.807, 2.05) is 25.1 Å². The fourth-order valence-corrected chi connectivity index (χ4v) is 4.64. The number of aromatic nitrogens is 2. The van der Waals surface area contributed by atoms with E-state index in [4.69, 9.17) is 0 Å². The van der Waals surface area contributed by atoms with Crippen molar-refractivity contribution in [1.82, 2.24) is 14.9 Å². The molecule has 2 N–H and O–H groups in total. The average molecular weight is 498 g/mol. The van der Waals surface area contributed by atoms with Crippen LogP contribution >= 0.6 is 12.4 Å². The van der Waals surface area contributed by atoms with Crippen LogP contribution in [-0.2, 0) is 17.8 Å². The van der Waals surface area contributed by atoms with E-state index in [2.05, 4.69) is 19.6 Å². The number of rotatable bonds is 7. The lowest BCUT2D eigenvalue weighted by molar-refractivity contribution is -0.275. The molecule has 1 aliphatic heterocycles. The number of aliphatic carboxylic acids is 1. The number of carboxylic acids is 1. The van der Waals surface area contributed by atoms with Gasteiger partial charge in [-0.05, 0) is 55.5 Å². The van der Waals surface area contributed by atoms with Crippen LogP contribution in [0.25, 0.3) is 11.0 Å². The minimum atomic E-state index is -4.76. The summed E-state index contributed by atoms with van der Waals surface area (Å²) in [5.41, 5.74) is 3.36. The smallest absolute Gasteiger partial charge is 0.481 e. The Morgan fingerprint density at radius 2 is 2.00 bits per heavy atom. The number of aryl methyl sites for hydroxylation is 1. The summed E-state index contributed by atoms with van der Waals surface area (Å²) in [6, 6.07) is 12.1. The first kappa shape index (κ1) is 25.8. The average Bonchev–Trinajstić information content (AvgIpc) is 3.11. The minimum absolute atomic E-state index is 0. The number of para-hydroxylation sites is 1. The molecule has 0 unspecified atom stereocenters. The van der Waals surface area contributed by atoms with Crippen LogP contribution in [0.15, 0.2) is 42.5 Å². The molecule has 10 heteroatoms. The van der Waals surface area contributed by atoms with Gasteiger partial charge in [0.15, 0.2) is 0 Å². The molecule has 0 spiro atoms. The summed E-state index contributed by atoms with van der Waals surface area (Å²) in [7, 11) is 0. The summed E-state index contributed by atoms with van der Waals surface area (Å²) in [6.07, 6.45) is -3.47. The molecule has 1 saturated heterocycles. The van der Waals surface area contributed by atoms with E-state index in [0.717, 1.165) is 22.4 Å². The van der Waals surface area contributed by atoms with Crippen molar-refractivity contribution in [3.63, 3.8) is 0 Å². The highest BCUT2D eigenvalue weighted by atomic mass is 35.5. The number of alkyl halides is 3. The number of benzene rings is 2. The van der Waals surface area contributed by atoms with Gasteiger partial charge in [0.25, 0.3) is 0 Å². The Morgan fingerprint density at radius 1 is 1.24 bits per heavy atom. The van der Waals surface area contributed by atoms with Gasteiger partial charge in [-0.3, -0.25) is 9.69 Å². The molecule has 6 nitrogen and oxygen atoms in total. The number of piperidine rings is 1. The Balaban J connectivity index is 0.00000324. The molecule has 0 saturated carbocycles. The summed E-state index contributed by atoms with van der Waals surface area (Å²) in [6.45, 7) is 3.46. The number of likely N-dealkylation sites (tertiary alicyclic amines) is 1. The number of carbonyl (C=O) groups is 1. The zero-order valence-electron chi connectivity index (χ0n) is 18.6. The molecule has 1 aliphatic rings. The fourth-order valence-electron chi connectivity index (χ4n) is 4.64. The van der Waals surface area contributed by atoms with Crippen molar-refractivity contribution in [3.05, 3.63) is 59.4 Å². The number of hydrogen-bond donors (Lipinski definition) is 2. The van der Waals surface area contributed by atoms with Crippen molar-refractivity contribution in [1.29, 1.82) is 0 Å². The van der Waals surface area contributed by atoms with Gasteiger partial charge in [-0.25, -0.2) is 4.98 Å². The van der Waals surface area contributed by atoms with Crippen molar-refractivity contribution >= 4 is 29.4 Å². The maximum Gasteiger partial charge on any atom is 0.573 e. The molecule has 1 aromatic heterocycles. The molecular formula is C24H27ClF3N3O3. The molecule has 3 aromatic rings. The first-order valence-electron chi connectivity index (χ1n) is 10.9. The summed E-state index contributed by atoms with van der Waals surface area (Å²) in [4.78, 5) is 21.5. The van der Waals surface area contributed by atoms with E-state index in [1.165, 1.54) is 12.1 Å². The number of nitrogens with zero attached hydrogens (tertiary/aromatic N) is 2. The van der Waals surface area contributed by atoms with Gasteiger partial charge in [-0.2, -0.15) is 0 Å². The van der Waals surface area contributed by atoms with Crippen LogP contribution in [0.4, 0.5) is 13.2 Å². The van der Waals surface area contributed by atoms with Gasteiger partial charge >= 0.3 is 12.3 Å². The number of carboxylic acid groups (broad SMARTS) is 1. The predicted octanol–water partition coefficient (Wildman–Crippen LogP) is 5.35. The first-order valence-corrected chi connectivity index (χ1v) is 10.9. The fraction of sp³-hybridized carbons (Fsp3) is 0.417. The van der Waals surface area contributed by atoms with Crippen molar-refractivity contribution in [3.8, 4) is 5.75 Å². The maximum atomic E-state index is 12.8. The van der Waals surface area contributed by atoms with Gasteiger partial charge in [-0.1, -0.05) is 24.3 Å². The van der Waals surface area contributed by atoms with Gasteiger partial charge < -0.3 is 14.8 Å². The van der Waals surface area contributed by atoms with Crippen molar-refractivity contribution in [2.75, 3.05) is 13.1 Å². The number of hydrogen-bond acceptors (Lipinski definition) is 4. The molecule has 0 aliphatic carbocycles. The molecule has 34 heavy (non-hydrogen) atoms. The van der Waals surface area contributed by atoms with E-state index < -0.39 is 12.3 Å². The molecule has 184 valence electrons. The molecule has 0 radical (unpaired) electrons. The number of fused-ring (bicyclic) bond motifs is 1. The monoisotopic (exact) mass is 497 g/mol. The quantitative estimate of drug-likeness (QED) is 0.460. The van der Waals surface area contributed by atoms with Gasteiger partial charge in [0.05, 0.1) is 11.0 Å². The number of H-pyrrole nitrogens is 1. The van der Waals surface area contributed by atoms with E-state index in [-0.39, 0.29) is 36.4 Å². The van der Waals surface area contributed by atoms with Crippen LogP contribution in [-0.4, -0.2) is 45.4 Å². The van der Waals surface area contributed by atoms with Gasteiger partial charge in [0.2, 0.25) is 0 Å². The second-order valence-corrected chi connectivity index (χ2v) is 8.71. The molecule has 2 aromatic carbocycles. The molecule has 4 rings (SSSR count). The Morgan fingerprint density at radius 3 is 2.74 bits per heavy atom. The Bertz CT molecular complexity index is 1140. The molecule has 0 bridgehead atoms. The van der Waals surface area contributed by atoms with E-state index in [0.29, 0.717) is 38.0 Å².